The minimum atomic E-state index is -0.272. The highest BCUT2D eigenvalue weighted by Crippen LogP contribution is 2.27. The minimum absolute atomic E-state index is 0.0653. The number of carbonyl (C=O) groups is 1. The number of nitrogens with one attached hydrogen (secondary N) is 1. The molecule has 0 atom stereocenters. The first-order chi connectivity index (χ1) is 17.9. The van der Waals surface area contributed by atoms with Gasteiger partial charge in [0.1, 0.15) is 5.82 Å². The minimum Gasteiger partial charge on any atom is -0.342 e. The number of aromatic nitrogens is 5. The van der Waals surface area contributed by atoms with Crippen LogP contribution in [0.25, 0.3) is 33.5 Å². The van der Waals surface area contributed by atoms with Crippen LogP contribution in [0.2, 0.25) is 0 Å². The Morgan fingerprint density at radius 3 is 2.49 bits per heavy atom. The molecular formula is C29H29FN6O. The second-order valence-electron chi connectivity index (χ2n) is 9.46. The molecule has 0 saturated heterocycles. The van der Waals surface area contributed by atoms with Crippen LogP contribution in [0.5, 0.6) is 0 Å². The number of hydrogen-bond donors (Lipinski definition) is 1. The zero-order chi connectivity index (χ0) is 25.9. The van der Waals surface area contributed by atoms with Crippen molar-refractivity contribution >= 4 is 16.9 Å². The number of fused-ring (bicyclic) bond motifs is 1. The third kappa shape index (κ3) is 5.14. The summed E-state index contributed by atoms with van der Waals surface area (Å²) in [7, 11) is 1.82. The van der Waals surface area contributed by atoms with Gasteiger partial charge in [0.2, 0.25) is 0 Å². The third-order valence-electron chi connectivity index (χ3n) is 6.41. The van der Waals surface area contributed by atoms with Crippen LogP contribution >= 0.6 is 0 Å². The maximum Gasteiger partial charge on any atom is 0.254 e. The van der Waals surface area contributed by atoms with Crippen LogP contribution in [-0.4, -0.2) is 49.4 Å². The predicted octanol–water partition coefficient (Wildman–Crippen LogP) is 5.91. The van der Waals surface area contributed by atoms with E-state index >= 15 is 0 Å². The van der Waals surface area contributed by atoms with Crippen LogP contribution in [0.15, 0.2) is 72.9 Å². The molecule has 1 N–H and O–H groups in total. The Kier molecular flexibility index (Phi) is 6.81. The summed E-state index contributed by atoms with van der Waals surface area (Å²) in [5.41, 5.74) is 5.60. The summed E-state index contributed by atoms with van der Waals surface area (Å²) in [5.74, 6) is -0.337. The summed E-state index contributed by atoms with van der Waals surface area (Å²) < 4.78 is 15.1. The summed E-state index contributed by atoms with van der Waals surface area (Å²) in [4.78, 5) is 20.2. The fourth-order valence-corrected chi connectivity index (χ4v) is 4.40. The van der Waals surface area contributed by atoms with E-state index in [0.717, 1.165) is 46.4 Å². The van der Waals surface area contributed by atoms with Gasteiger partial charge in [-0.15, -0.1) is 0 Å². The predicted molar refractivity (Wildman–Crippen MR) is 143 cm³/mol. The maximum absolute atomic E-state index is 13.6. The first-order valence-electron chi connectivity index (χ1n) is 12.4. The van der Waals surface area contributed by atoms with Crippen LogP contribution in [0.4, 0.5) is 4.39 Å². The molecule has 37 heavy (non-hydrogen) atoms. The summed E-state index contributed by atoms with van der Waals surface area (Å²) in [6.45, 7) is 4.67. The van der Waals surface area contributed by atoms with Crippen LogP contribution in [0.1, 0.15) is 42.4 Å². The van der Waals surface area contributed by atoms with Gasteiger partial charge in [0, 0.05) is 36.5 Å². The van der Waals surface area contributed by atoms with Crippen molar-refractivity contribution in [3.05, 3.63) is 90.0 Å². The summed E-state index contributed by atoms with van der Waals surface area (Å²) >= 11 is 0. The van der Waals surface area contributed by atoms with Crippen molar-refractivity contribution in [1.29, 1.82) is 0 Å². The zero-order valence-corrected chi connectivity index (χ0v) is 21.1. The summed E-state index contributed by atoms with van der Waals surface area (Å²) in [5, 5.41) is 12.7. The van der Waals surface area contributed by atoms with E-state index in [2.05, 4.69) is 15.3 Å². The number of hydrogen-bond acceptors (Lipinski definition) is 4. The standard InChI is InChI=1S/C29H29FN6O/c1-19(2)36-28-25(18-31-36)24(17-26(32-28)20-8-5-4-6-9-20)29(37)35(3)15-7-10-23-16-27(34-33-23)21-11-13-22(30)14-12-21/h4-6,8-9,11-14,16-19H,7,10,15H2,1-3H3,(H,33,34). The number of aryl methyl sites for hydroxylation is 1. The normalized spacial score (nSPS) is 11.4. The molecule has 188 valence electrons. The molecular weight excluding hydrogens is 467 g/mol. The second kappa shape index (κ2) is 10.3. The lowest BCUT2D eigenvalue weighted by molar-refractivity contribution is 0.0795. The smallest absolute Gasteiger partial charge is 0.254 e. The van der Waals surface area contributed by atoms with Gasteiger partial charge in [-0.3, -0.25) is 9.89 Å². The highest BCUT2D eigenvalue weighted by molar-refractivity contribution is 6.06. The van der Waals surface area contributed by atoms with Gasteiger partial charge in [0.15, 0.2) is 5.65 Å². The van der Waals surface area contributed by atoms with Gasteiger partial charge in [-0.2, -0.15) is 10.2 Å². The van der Waals surface area contributed by atoms with Crippen molar-refractivity contribution < 1.29 is 9.18 Å². The van der Waals surface area contributed by atoms with E-state index in [0.29, 0.717) is 17.8 Å². The molecule has 0 aliphatic heterocycles. The van der Waals surface area contributed by atoms with Crippen molar-refractivity contribution in [1.82, 2.24) is 29.9 Å². The van der Waals surface area contributed by atoms with Crippen molar-refractivity contribution in [2.75, 3.05) is 13.6 Å². The Bertz CT molecular complexity index is 1520. The molecule has 0 bridgehead atoms. The number of pyridine rings is 1. The average Bonchev–Trinajstić information content (AvgIpc) is 3.56. The molecule has 3 aromatic heterocycles. The molecule has 1 amide bonds. The largest absolute Gasteiger partial charge is 0.342 e. The van der Waals surface area contributed by atoms with E-state index in [-0.39, 0.29) is 17.8 Å². The molecule has 0 unspecified atom stereocenters. The Morgan fingerprint density at radius 2 is 1.76 bits per heavy atom. The Balaban J connectivity index is 1.33. The molecule has 2 aromatic carbocycles. The number of carbonyl (C=O) groups excluding carboxylic acids is 1. The van der Waals surface area contributed by atoms with E-state index in [9.17, 15) is 9.18 Å². The second-order valence-corrected chi connectivity index (χ2v) is 9.46. The van der Waals surface area contributed by atoms with E-state index in [1.54, 1.807) is 23.2 Å². The Hall–Kier alpha value is -4.33. The SMILES string of the molecule is CC(C)n1ncc2c(C(=O)N(C)CCCc3cc(-c4ccc(F)cc4)n[nH]3)cc(-c3ccccc3)nc21. The molecule has 0 spiro atoms. The first-order valence-corrected chi connectivity index (χ1v) is 12.4. The first kappa shape index (κ1) is 24.4. The number of benzene rings is 2. The highest BCUT2D eigenvalue weighted by Gasteiger charge is 2.21. The number of rotatable bonds is 8. The van der Waals surface area contributed by atoms with Crippen LogP contribution in [-0.2, 0) is 6.42 Å². The number of aromatic amines is 1. The lowest BCUT2D eigenvalue weighted by Crippen LogP contribution is -2.28. The molecule has 0 fully saturated rings. The van der Waals surface area contributed by atoms with E-state index in [1.165, 1.54) is 12.1 Å². The number of amides is 1. The molecule has 5 rings (SSSR count). The average molecular weight is 497 g/mol. The monoisotopic (exact) mass is 496 g/mol. The molecule has 0 aliphatic carbocycles. The summed E-state index contributed by atoms with van der Waals surface area (Å²) in [6, 6.07) is 20.1. The maximum atomic E-state index is 13.6. The fourth-order valence-electron chi connectivity index (χ4n) is 4.40. The molecule has 3 heterocycles. The van der Waals surface area contributed by atoms with Crippen molar-refractivity contribution in [3.8, 4) is 22.5 Å². The molecule has 0 saturated carbocycles. The number of halogens is 1. The van der Waals surface area contributed by atoms with Gasteiger partial charge in [-0.05, 0) is 63.1 Å². The lowest BCUT2D eigenvalue weighted by atomic mass is 10.1. The molecule has 8 heteroatoms. The van der Waals surface area contributed by atoms with Gasteiger partial charge in [-0.25, -0.2) is 14.1 Å². The van der Waals surface area contributed by atoms with Crippen molar-refractivity contribution in [2.24, 2.45) is 0 Å². The van der Waals surface area contributed by atoms with Gasteiger partial charge in [-0.1, -0.05) is 30.3 Å². The van der Waals surface area contributed by atoms with E-state index < -0.39 is 0 Å². The molecule has 7 nitrogen and oxygen atoms in total. The summed E-state index contributed by atoms with van der Waals surface area (Å²) in [6.07, 6.45) is 3.23. The van der Waals surface area contributed by atoms with Gasteiger partial charge < -0.3 is 4.90 Å². The molecule has 5 aromatic rings. The van der Waals surface area contributed by atoms with Gasteiger partial charge in [0.25, 0.3) is 5.91 Å². The molecule has 0 radical (unpaired) electrons. The number of H-pyrrole nitrogens is 1. The Labute approximate surface area is 215 Å². The van der Waals surface area contributed by atoms with E-state index in [4.69, 9.17) is 4.98 Å². The quantitative estimate of drug-likeness (QED) is 0.289. The van der Waals surface area contributed by atoms with Gasteiger partial charge >= 0.3 is 0 Å². The number of nitrogens with zero attached hydrogens (tertiary/aromatic N) is 5. The fraction of sp³-hybridized carbons (Fsp3) is 0.241. The topological polar surface area (TPSA) is 79.7 Å². The van der Waals surface area contributed by atoms with Crippen LogP contribution in [0.3, 0.4) is 0 Å². The Morgan fingerprint density at radius 1 is 1.03 bits per heavy atom. The molecule has 0 aliphatic rings. The van der Waals surface area contributed by atoms with Crippen molar-refractivity contribution in [2.45, 2.75) is 32.7 Å². The third-order valence-corrected chi connectivity index (χ3v) is 6.41. The van der Waals surface area contributed by atoms with E-state index in [1.807, 2.05) is 68.0 Å². The zero-order valence-electron chi connectivity index (χ0n) is 21.1. The van der Waals surface area contributed by atoms with Gasteiger partial charge in [0.05, 0.1) is 28.5 Å². The van der Waals surface area contributed by atoms with Crippen molar-refractivity contribution in [3.63, 3.8) is 0 Å². The lowest BCUT2D eigenvalue weighted by Gasteiger charge is -2.18. The van der Waals surface area contributed by atoms with Crippen LogP contribution < -0.4 is 0 Å². The van der Waals surface area contributed by atoms with Crippen LogP contribution in [0, 0.1) is 5.82 Å². The highest BCUT2D eigenvalue weighted by atomic mass is 19.1.